The van der Waals surface area contributed by atoms with Crippen LogP contribution in [-0.4, -0.2) is 46.1 Å². The summed E-state index contributed by atoms with van der Waals surface area (Å²) in [5, 5.41) is 0. The molecule has 0 bridgehead atoms. The topological polar surface area (TPSA) is 6.48 Å². The molecule has 0 radical (unpaired) electrons. The van der Waals surface area contributed by atoms with Crippen LogP contribution in [0.5, 0.6) is 0 Å². The molecule has 10 aliphatic rings. The number of hydrogen-bond donors (Lipinski definition) is 0. The summed E-state index contributed by atoms with van der Waals surface area (Å²) in [6, 6.07) is 5.80. The van der Waals surface area contributed by atoms with Gasteiger partial charge in [-0.3, -0.25) is 9.80 Å². The molecule has 8 saturated carbocycles. The number of nitrogens with zero attached hydrogens (tertiary/aromatic N) is 2. The second-order valence-corrected chi connectivity index (χ2v) is 20.7. The maximum Gasteiger partial charge on any atom is 0.0136 e. The lowest BCUT2D eigenvalue weighted by Crippen LogP contribution is -2.54. The minimum Gasteiger partial charge on any atom is -0.294 e. The molecule has 10 rings (SSSR count). The fourth-order valence-corrected chi connectivity index (χ4v) is 17.2. The Morgan fingerprint density at radius 2 is 0.646 bits per heavy atom. The number of fused-ring (bicyclic) bond motifs is 7. The summed E-state index contributed by atoms with van der Waals surface area (Å²) in [6.07, 6.45) is 47.1. The van der Waals surface area contributed by atoms with Crippen molar-refractivity contribution in [3.63, 3.8) is 0 Å². The van der Waals surface area contributed by atoms with E-state index in [-0.39, 0.29) is 0 Å². The minimum atomic E-state index is 0.948. The van der Waals surface area contributed by atoms with Crippen molar-refractivity contribution >= 4 is 0 Å². The average molecular weight is 657 g/mol. The molecule has 270 valence electrons. The summed E-state index contributed by atoms with van der Waals surface area (Å²) in [6.45, 7) is 0. The van der Waals surface area contributed by atoms with Gasteiger partial charge >= 0.3 is 0 Å². The fraction of sp³-hybridized carbons (Fsp3) is 1.00. The minimum absolute atomic E-state index is 0.948. The van der Waals surface area contributed by atoms with Crippen LogP contribution >= 0.6 is 0 Å². The smallest absolute Gasteiger partial charge is 0.0136 e. The Balaban J connectivity index is 0.885. The van der Waals surface area contributed by atoms with Gasteiger partial charge in [-0.15, -0.1) is 0 Å². The summed E-state index contributed by atoms with van der Waals surface area (Å²) in [7, 11) is 0. The third-order valence-corrected chi connectivity index (χ3v) is 19.0. The van der Waals surface area contributed by atoms with Crippen molar-refractivity contribution in [2.24, 2.45) is 59.2 Å². The van der Waals surface area contributed by atoms with Crippen LogP contribution in [0, 0.1) is 59.2 Å². The molecular weight excluding hydrogens is 581 g/mol. The van der Waals surface area contributed by atoms with Gasteiger partial charge in [0.1, 0.15) is 0 Å². The van der Waals surface area contributed by atoms with Crippen molar-refractivity contribution in [3.05, 3.63) is 0 Å². The highest BCUT2D eigenvalue weighted by Gasteiger charge is 2.58. The number of likely N-dealkylation sites (tertiary alicyclic amines) is 2. The van der Waals surface area contributed by atoms with Crippen LogP contribution in [0.4, 0.5) is 0 Å². The first-order chi connectivity index (χ1) is 23.8. The molecule has 0 spiro atoms. The molecule has 0 amide bonds. The summed E-state index contributed by atoms with van der Waals surface area (Å²) < 4.78 is 0. The summed E-state index contributed by atoms with van der Waals surface area (Å²) >= 11 is 0. The highest BCUT2D eigenvalue weighted by Crippen LogP contribution is 2.59. The highest BCUT2D eigenvalue weighted by molar-refractivity contribution is 5.11. The van der Waals surface area contributed by atoms with E-state index in [4.69, 9.17) is 0 Å². The van der Waals surface area contributed by atoms with Crippen molar-refractivity contribution in [2.45, 2.75) is 229 Å². The molecule has 2 aliphatic heterocycles. The van der Waals surface area contributed by atoms with E-state index in [0.29, 0.717) is 0 Å². The van der Waals surface area contributed by atoms with Crippen molar-refractivity contribution in [2.75, 3.05) is 0 Å². The third-order valence-electron chi connectivity index (χ3n) is 19.0. The zero-order valence-corrected chi connectivity index (χ0v) is 31.3. The predicted molar refractivity (Wildman–Crippen MR) is 200 cm³/mol. The van der Waals surface area contributed by atoms with Gasteiger partial charge in [-0.2, -0.15) is 0 Å². The monoisotopic (exact) mass is 657 g/mol. The van der Waals surface area contributed by atoms with Crippen LogP contribution in [0.1, 0.15) is 193 Å². The normalized spacial score (nSPS) is 51.0. The van der Waals surface area contributed by atoms with Gasteiger partial charge in [0.15, 0.2) is 0 Å². The first kappa shape index (κ1) is 32.6. The fourth-order valence-electron chi connectivity index (χ4n) is 17.2. The van der Waals surface area contributed by atoms with E-state index in [1.54, 1.807) is 161 Å². The zero-order valence-electron chi connectivity index (χ0n) is 31.3. The quantitative estimate of drug-likeness (QED) is 0.297. The van der Waals surface area contributed by atoms with Gasteiger partial charge in [-0.25, -0.2) is 0 Å². The van der Waals surface area contributed by atoms with Crippen LogP contribution in [0.15, 0.2) is 0 Å². The highest BCUT2D eigenvalue weighted by atomic mass is 15.3. The van der Waals surface area contributed by atoms with E-state index in [1.165, 1.54) is 32.1 Å². The molecule has 0 aromatic heterocycles. The maximum atomic E-state index is 3.41. The molecule has 0 aromatic rings. The Kier molecular flexibility index (Phi) is 9.53. The first-order valence-corrected chi connectivity index (χ1v) is 23.4. The maximum absolute atomic E-state index is 3.41. The average Bonchev–Trinajstić information content (AvgIpc) is 3.67. The van der Waals surface area contributed by atoms with Crippen LogP contribution in [0.2, 0.25) is 0 Å². The second-order valence-electron chi connectivity index (χ2n) is 20.7. The summed E-state index contributed by atoms with van der Waals surface area (Å²) in [5.74, 6) is 10.7. The Bertz CT molecular complexity index is 1070. The van der Waals surface area contributed by atoms with Crippen LogP contribution in [0.3, 0.4) is 0 Å². The van der Waals surface area contributed by atoms with Crippen LogP contribution < -0.4 is 0 Å². The van der Waals surface area contributed by atoms with Crippen LogP contribution in [0.25, 0.3) is 0 Å². The van der Waals surface area contributed by atoms with Crippen molar-refractivity contribution in [3.8, 4) is 0 Å². The van der Waals surface area contributed by atoms with Gasteiger partial charge in [0.25, 0.3) is 0 Å². The van der Waals surface area contributed by atoms with Crippen molar-refractivity contribution < 1.29 is 0 Å². The molecule has 14 unspecified atom stereocenters. The van der Waals surface area contributed by atoms with Gasteiger partial charge < -0.3 is 0 Å². The van der Waals surface area contributed by atoms with Crippen molar-refractivity contribution in [1.29, 1.82) is 0 Å². The summed E-state index contributed by atoms with van der Waals surface area (Å²) in [5.41, 5.74) is 0. The standard InChI is InChI=1S/C46H76N2/c1-3-12-31(13-4-1)33-22-25-40-41-27-24-34(29-45(41)47(44(40)28-33)36-16-5-2-6-17-36)35-23-26-39-38-19-9-10-20-43(38)48(46(39)30-35)42-21-11-15-32-14-7-8-18-37(32)42/h31-46H,1-30H2. The van der Waals surface area contributed by atoms with E-state index in [0.717, 1.165) is 95.4 Å². The van der Waals surface area contributed by atoms with Gasteiger partial charge in [-0.05, 0) is 155 Å². The molecule has 14 atom stereocenters. The second kappa shape index (κ2) is 14.0. The number of hydrogen-bond acceptors (Lipinski definition) is 2. The lowest BCUT2D eigenvalue weighted by molar-refractivity contribution is -0.0193. The van der Waals surface area contributed by atoms with Gasteiger partial charge in [0.05, 0.1) is 0 Å². The van der Waals surface area contributed by atoms with Gasteiger partial charge in [0.2, 0.25) is 0 Å². The lowest BCUT2D eigenvalue weighted by Gasteiger charge is -2.51. The molecule has 0 aromatic carbocycles. The van der Waals surface area contributed by atoms with E-state index in [9.17, 15) is 0 Å². The molecular formula is C46H76N2. The molecule has 2 saturated heterocycles. The number of rotatable bonds is 4. The first-order valence-electron chi connectivity index (χ1n) is 23.4. The van der Waals surface area contributed by atoms with E-state index in [1.807, 2.05) is 0 Å². The van der Waals surface area contributed by atoms with Crippen LogP contribution in [-0.2, 0) is 0 Å². The van der Waals surface area contributed by atoms with E-state index < -0.39 is 0 Å². The molecule has 48 heavy (non-hydrogen) atoms. The molecule has 2 heteroatoms. The molecule has 2 nitrogen and oxygen atoms in total. The Morgan fingerprint density at radius 3 is 1.31 bits per heavy atom. The SMILES string of the molecule is C1CCC(C2CCC3C4CCC(C5CCC6C7CCCCC7N(C7CCCC8CCCCC87)C6C5)CC4N(C4CCCCC4)C3C2)CC1. The predicted octanol–water partition coefficient (Wildman–Crippen LogP) is 11.8. The largest absolute Gasteiger partial charge is 0.294 e. The van der Waals surface area contributed by atoms with E-state index >= 15 is 0 Å². The van der Waals surface area contributed by atoms with E-state index in [2.05, 4.69) is 9.80 Å². The molecule has 10 fully saturated rings. The van der Waals surface area contributed by atoms with Gasteiger partial charge in [-0.1, -0.05) is 96.3 Å². The third kappa shape index (κ3) is 5.75. The molecule has 2 heterocycles. The van der Waals surface area contributed by atoms with Crippen molar-refractivity contribution in [1.82, 2.24) is 9.80 Å². The Labute approximate surface area is 297 Å². The molecule has 8 aliphatic carbocycles. The Morgan fingerprint density at radius 1 is 0.229 bits per heavy atom. The summed E-state index contributed by atoms with van der Waals surface area (Å²) in [4.78, 5) is 6.81. The molecule has 0 N–H and O–H groups in total. The zero-order chi connectivity index (χ0) is 31.6. The lowest BCUT2D eigenvalue weighted by atomic mass is 9.62. The van der Waals surface area contributed by atoms with Gasteiger partial charge in [0, 0.05) is 36.3 Å². The Hall–Kier alpha value is -0.0800.